The molecule has 110 valence electrons. The Morgan fingerprint density at radius 3 is 2.52 bits per heavy atom. The molecule has 0 N–H and O–H groups in total. The van der Waals surface area contributed by atoms with Crippen LogP contribution in [0.25, 0.3) is 0 Å². The van der Waals surface area contributed by atoms with Crippen LogP contribution in [0.15, 0.2) is 54.6 Å². The van der Waals surface area contributed by atoms with Crippen molar-refractivity contribution in [1.29, 1.82) is 0 Å². The second kappa shape index (κ2) is 7.28. The van der Waals surface area contributed by atoms with E-state index in [1.165, 1.54) is 5.56 Å². The summed E-state index contributed by atoms with van der Waals surface area (Å²) in [6, 6.07) is 17.8. The molecule has 0 aliphatic heterocycles. The van der Waals surface area contributed by atoms with Crippen LogP contribution in [0.2, 0.25) is 5.02 Å². The fourth-order valence-electron chi connectivity index (χ4n) is 2.28. The van der Waals surface area contributed by atoms with Crippen LogP contribution in [-0.2, 0) is 11.2 Å². The van der Waals surface area contributed by atoms with Crippen molar-refractivity contribution in [3.05, 3.63) is 70.7 Å². The molecule has 0 saturated carbocycles. The van der Waals surface area contributed by atoms with Crippen molar-refractivity contribution in [3.8, 4) is 0 Å². The van der Waals surface area contributed by atoms with Crippen molar-refractivity contribution in [1.82, 2.24) is 4.90 Å². The molecule has 2 rings (SSSR count). The molecule has 0 radical (unpaired) electrons. The summed E-state index contributed by atoms with van der Waals surface area (Å²) in [6.45, 7) is 2.02. The molecule has 3 heteroatoms. The van der Waals surface area contributed by atoms with Gasteiger partial charge in [-0.05, 0) is 36.6 Å². The van der Waals surface area contributed by atoms with Crippen molar-refractivity contribution in [2.24, 2.45) is 0 Å². The van der Waals surface area contributed by atoms with Gasteiger partial charge in [0.15, 0.2) is 0 Å². The second-order valence-electron chi connectivity index (χ2n) is 5.22. The summed E-state index contributed by atoms with van der Waals surface area (Å²) >= 11 is 6.01. The summed E-state index contributed by atoms with van der Waals surface area (Å²) in [4.78, 5) is 14.1. The number of nitrogens with zero attached hydrogens (tertiary/aromatic N) is 1. The third kappa shape index (κ3) is 4.33. The highest BCUT2D eigenvalue weighted by atomic mass is 35.5. The van der Waals surface area contributed by atoms with Crippen molar-refractivity contribution in [2.45, 2.75) is 25.8 Å². The number of carbonyl (C=O) groups is 1. The van der Waals surface area contributed by atoms with E-state index in [0.717, 1.165) is 12.0 Å². The molecule has 0 aromatic heterocycles. The van der Waals surface area contributed by atoms with E-state index < -0.39 is 0 Å². The first kappa shape index (κ1) is 15.6. The quantitative estimate of drug-likeness (QED) is 0.796. The number of halogens is 1. The lowest BCUT2D eigenvalue weighted by atomic mass is 10.1. The highest BCUT2D eigenvalue weighted by Gasteiger charge is 2.17. The number of hydrogen-bond acceptors (Lipinski definition) is 1. The number of amides is 1. The van der Waals surface area contributed by atoms with Crippen LogP contribution in [0.3, 0.4) is 0 Å². The van der Waals surface area contributed by atoms with Gasteiger partial charge in [0.25, 0.3) is 0 Å². The third-order valence-corrected chi connectivity index (χ3v) is 4.01. The summed E-state index contributed by atoms with van der Waals surface area (Å²) in [6.07, 6.45) is 1.29. The lowest BCUT2D eigenvalue weighted by Crippen LogP contribution is -2.29. The molecular weight excluding hydrogens is 282 g/mol. The molecule has 0 fully saturated rings. The molecule has 0 saturated heterocycles. The van der Waals surface area contributed by atoms with Crippen molar-refractivity contribution in [2.75, 3.05) is 7.05 Å². The van der Waals surface area contributed by atoms with Gasteiger partial charge in [-0.15, -0.1) is 0 Å². The zero-order valence-electron chi connectivity index (χ0n) is 12.4. The average molecular weight is 302 g/mol. The molecular formula is C18H20ClNO. The van der Waals surface area contributed by atoms with Gasteiger partial charge in [0.05, 0.1) is 6.04 Å². The Labute approximate surface area is 131 Å². The van der Waals surface area contributed by atoms with E-state index in [9.17, 15) is 4.79 Å². The molecule has 1 amide bonds. The van der Waals surface area contributed by atoms with E-state index in [-0.39, 0.29) is 11.9 Å². The largest absolute Gasteiger partial charge is 0.339 e. The zero-order chi connectivity index (χ0) is 15.2. The van der Waals surface area contributed by atoms with Gasteiger partial charge < -0.3 is 4.90 Å². The third-order valence-electron chi connectivity index (χ3n) is 3.78. The molecule has 2 nitrogen and oxygen atoms in total. The predicted octanol–water partition coefficient (Wildman–Crippen LogP) is 4.49. The van der Waals surface area contributed by atoms with Crippen LogP contribution in [0.4, 0.5) is 0 Å². The standard InChI is InChI=1S/C18H20ClNO/c1-14(16-9-6-10-17(19)13-16)20(2)18(21)12-11-15-7-4-3-5-8-15/h3-10,13-14H,11-12H2,1-2H3. The van der Waals surface area contributed by atoms with Gasteiger partial charge in [-0.3, -0.25) is 4.79 Å². The number of benzene rings is 2. The van der Waals surface area contributed by atoms with Crippen LogP contribution in [0, 0.1) is 0 Å². The number of carbonyl (C=O) groups excluding carboxylic acids is 1. The summed E-state index contributed by atoms with van der Waals surface area (Å²) in [5.41, 5.74) is 2.24. The number of aryl methyl sites for hydroxylation is 1. The molecule has 0 spiro atoms. The second-order valence-corrected chi connectivity index (χ2v) is 5.66. The van der Waals surface area contributed by atoms with E-state index in [2.05, 4.69) is 0 Å². The van der Waals surface area contributed by atoms with Gasteiger partial charge >= 0.3 is 0 Å². The van der Waals surface area contributed by atoms with Gasteiger partial charge in [0.1, 0.15) is 0 Å². The van der Waals surface area contributed by atoms with E-state index in [4.69, 9.17) is 11.6 Å². The topological polar surface area (TPSA) is 20.3 Å². The Hall–Kier alpha value is -1.80. The molecule has 0 aliphatic carbocycles. The Morgan fingerprint density at radius 1 is 1.14 bits per heavy atom. The maximum Gasteiger partial charge on any atom is 0.223 e. The van der Waals surface area contributed by atoms with Crippen molar-refractivity contribution in [3.63, 3.8) is 0 Å². The molecule has 0 bridgehead atoms. The fraction of sp³-hybridized carbons (Fsp3) is 0.278. The van der Waals surface area contributed by atoms with Crippen LogP contribution in [0.1, 0.15) is 30.5 Å². The average Bonchev–Trinajstić information content (AvgIpc) is 2.52. The highest BCUT2D eigenvalue weighted by molar-refractivity contribution is 6.30. The molecule has 1 unspecified atom stereocenters. The Bertz CT molecular complexity index is 597. The summed E-state index contributed by atoms with van der Waals surface area (Å²) < 4.78 is 0. The monoisotopic (exact) mass is 301 g/mol. The maximum absolute atomic E-state index is 12.3. The molecule has 21 heavy (non-hydrogen) atoms. The molecule has 0 heterocycles. The first-order chi connectivity index (χ1) is 10.1. The van der Waals surface area contributed by atoms with Gasteiger partial charge in [0.2, 0.25) is 5.91 Å². The minimum Gasteiger partial charge on any atom is -0.339 e. The number of rotatable bonds is 5. The van der Waals surface area contributed by atoms with Crippen LogP contribution in [0.5, 0.6) is 0 Å². The maximum atomic E-state index is 12.3. The van der Waals surface area contributed by atoms with E-state index in [1.54, 1.807) is 4.90 Å². The molecule has 1 atom stereocenters. The van der Waals surface area contributed by atoms with E-state index in [0.29, 0.717) is 11.4 Å². The summed E-state index contributed by atoms with van der Waals surface area (Å²) in [7, 11) is 1.85. The summed E-state index contributed by atoms with van der Waals surface area (Å²) in [5, 5.41) is 0.699. The van der Waals surface area contributed by atoms with Crippen molar-refractivity contribution < 1.29 is 4.79 Å². The van der Waals surface area contributed by atoms with Gasteiger partial charge in [-0.25, -0.2) is 0 Å². The molecule has 2 aromatic carbocycles. The lowest BCUT2D eigenvalue weighted by molar-refractivity contribution is -0.131. The van der Waals surface area contributed by atoms with Gasteiger partial charge in [-0.1, -0.05) is 54.1 Å². The Morgan fingerprint density at radius 2 is 1.86 bits per heavy atom. The highest BCUT2D eigenvalue weighted by Crippen LogP contribution is 2.22. The molecule has 2 aromatic rings. The van der Waals surface area contributed by atoms with Crippen molar-refractivity contribution >= 4 is 17.5 Å². The van der Waals surface area contributed by atoms with Gasteiger partial charge in [-0.2, -0.15) is 0 Å². The van der Waals surface area contributed by atoms with Crippen LogP contribution < -0.4 is 0 Å². The minimum absolute atomic E-state index is 0.0203. The predicted molar refractivity (Wildman–Crippen MR) is 87.4 cm³/mol. The fourth-order valence-corrected chi connectivity index (χ4v) is 2.48. The summed E-state index contributed by atoms with van der Waals surface area (Å²) in [5.74, 6) is 0.145. The number of hydrogen-bond donors (Lipinski definition) is 0. The van der Waals surface area contributed by atoms with Crippen LogP contribution in [-0.4, -0.2) is 17.9 Å². The first-order valence-corrected chi connectivity index (χ1v) is 7.51. The SMILES string of the molecule is CC(c1cccc(Cl)c1)N(C)C(=O)CCc1ccccc1. The Balaban J connectivity index is 1.95. The lowest BCUT2D eigenvalue weighted by Gasteiger charge is -2.25. The molecule has 0 aliphatic rings. The van der Waals surface area contributed by atoms with E-state index >= 15 is 0 Å². The zero-order valence-corrected chi connectivity index (χ0v) is 13.2. The van der Waals surface area contributed by atoms with Crippen LogP contribution >= 0.6 is 11.6 Å². The minimum atomic E-state index is 0.0203. The first-order valence-electron chi connectivity index (χ1n) is 7.13. The van der Waals surface area contributed by atoms with E-state index in [1.807, 2.05) is 68.6 Å². The van der Waals surface area contributed by atoms with Gasteiger partial charge in [0, 0.05) is 18.5 Å². The smallest absolute Gasteiger partial charge is 0.223 e. The Kier molecular flexibility index (Phi) is 5.40. The normalized spacial score (nSPS) is 12.0.